The number of piperidine rings is 1. The van der Waals surface area contributed by atoms with E-state index in [-0.39, 0.29) is 24.5 Å². The molecule has 1 heterocycles. The molecule has 6 nitrogen and oxygen atoms in total. The van der Waals surface area contributed by atoms with Gasteiger partial charge in [-0.1, -0.05) is 6.92 Å². The highest BCUT2D eigenvalue weighted by Crippen LogP contribution is 2.15. The van der Waals surface area contributed by atoms with Crippen molar-refractivity contribution in [1.82, 2.24) is 15.1 Å². The van der Waals surface area contributed by atoms with Crippen molar-refractivity contribution in [3.63, 3.8) is 0 Å². The molecule has 1 saturated heterocycles. The first-order valence-electron chi connectivity index (χ1n) is 7.41. The van der Waals surface area contributed by atoms with Gasteiger partial charge in [0.05, 0.1) is 0 Å². The summed E-state index contributed by atoms with van der Waals surface area (Å²) in [6.45, 7) is 7.13. The summed E-state index contributed by atoms with van der Waals surface area (Å²) in [5.74, 6) is -0.827. The number of amides is 2. The monoisotopic (exact) mass is 285 g/mol. The number of carboxylic acid groups (broad SMARTS) is 1. The quantitative estimate of drug-likeness (QED) is 0.773. The van der Waals surface area contributed by atoms with Crippen molar-refractivity contribution in [3.8, 4) is 0 Å². The van der Waals surface area contributed by atoms with Crippen molar-refractivity contribution in [2.75, 3.05) is 26.7 Å². The number of aliphatic carboxylic acids is 1. The van der Waals surface area contributed by atoms with Gasteiger partial charge in [-0.05, 0) is 32.7 Å². The maximum atomic E-state index is 12.1. The molecule has 1 atom stereocenters. The number of nitrogens with one attached hydrogen (secondary N) is 1. The summed E-state index contributed by atoms with van der Waals surface area (Å²) in [7, 11) is 1.82. The highest BCUT2D eigenvalue weighted by atomic mass is 16.4. The van der Waals surface area contributed by atoms with Crippen molar-refractivity contribution in [1.29, 1.82) is 0 Å². The summed E-state index contributed by atoms with van der Waals surface area (Å²) < 4.78 is 0. The molecule has 1 unspecified atom stereocenters. The normalized spacial score (nSPS) is 18.6. The lowest BCUT2D eigenvalue weighted by molar-refractivity contribution is -0.137. The van der Waals surface area contributed by atoms with Gasteiger partial charge in [0.1, 0.15) is 0 Å². The molecule has 0 saturated carbocycles. The lowest BCUT2D eigenvalue weighted by atomic mass is 10.0. The van der Waals surface area contributed by atoms with Gasteiger partial charge < -0.3 is 20.2 Å². The average molecular weight is 285 g/mol. The zero-order valence-corrected chi connectivity index (χ0v) is 12.8. The maximum absolute atomic E-state index is 12.1. The Hall–Kier alpha value is -1.30. The lowest BCUT2D eigenvalue weighted by Crippen LogP contribution is -2.50. The van der Waals surface area contributed by atoms with E-state index in [0.29, 0.717) is 6.42 Å². The number of carbonyl (C=O) groups is 2. The number of likely N-dealkylation sites (tertiary alicyclic amines) is 1. The Kier molecular flexibility index (Phi) is 6.78. The van der Waals surface area contributed by atoms with Gasteiger partial charge in [-0.25, -0.2) is 4.79 Å². The molecule has 0 aliphatic carbocycles. The minimum atomic E-state index is -0.827. The zero-order chi connectivity index (χ0) is 15.1. The van der Waals surface area contributed by atoms with E-state index in [1.54, 1.807) is 4.90 Å². The molecule has 20 heavy (non-hydrogen) atoms. The molecule has 2 N–H and O–H groups in total. The number of nitrogens with zero attached hydrogens (tertiary/aromatic N) is 2. The Balaban J connectivity index is 2.33. The molecule has 0 spiro atoms. The molecular formula is C14H27N3O3. The van der Waals surface area contributed by atoms with Crippen molar-refractivity contribution in [3.05, 3.63) is 0 Å². The van der Waals surface area contributed by atoms with Crippen LogP contribution in [0.1, 0.15) is 39.5 Å². The Bertz CT molecular complexity index is 328. The molecule has 6 heteroatoms. The molecule has 0 radical (unpaired) electrons. The first-order valence-corrected chi connectivity index (χ1v) is 7.41. The van der Waals surface area contributed by atoms with Crippen LogP contribution in [0.5, 0.6) is 0 Å². The van der Waals surface area contributed by atoms with E-state index in [9.17, 15) is 9.59 Å². The summed E-state index contributed by atoms with van der Waals surface area (Å²) in [5.41, 5.74) is 0. The van der Waals surface area contributed by atoms with Crippen LogP contribution in [-0.4, -0.2) is 65.7 Å². The van der Waals surface area contributed by atoms with Gasteiger partial charge in [-0.3, -0.25) is 4.79 Å². The van der Waals surface area contributed by atoms with Gasteiger partial charge in [0.15, 0.2) is 0 Å². The highest BCUT2D eigenvalue weighted by molar-refractivity contribution is 5.74. The molecule has 116 valence electrons. The number of hydrogen-bond acceptors (Lipinski definition) is 3. The van der Waals surface area contributed by atoms with Gasteiger partial charge >= 0.3 is 12.0 Å². The standard InChI is InChI=1S/C14H27N3O3/c1-4-17-9-7-12(8-10-17)16(3)14(20)15-11(2)5-6-13(18)19/h11-12H,4-10H2,1-3H3,(H,15,20)(H,18,19). The van der Waals surface area contributed by atoms with Crippen LogP contribution in [0.15, 0.2) is 0 Å². The summed E-state index contributed by atoms with van der Waals surface area (Å²) in [5, 5.41) is 11.5. The van der Waals surface area contributed by atoms with Gasteiger partial charge in [0.25, 0.3) is 0 Å². The third-order valence-corrected chi connectivity index (χ3v) is 4.03. The van der Waals surface area contributed by atoms with E-state index in [2.05, 4.69) is 17.1 Å². The van der Waals surface area contributed by atoms with E-state index in [1.807, 2.05) is 14.0 Å². The van der Waals surface area contributed by atoms with E-state index in [4.69, 9.17) is 5.11 Å². The van der Waals surface area contributed by atoms with Crippen LogP contribution in [0.2, 0.25) is 0 Å². The second-order valence-electron chi connectivity index (χ2n) is 5.56. The zero-order valence-electron chi connectivity index (χ0n) is 12.8. The van der Waals surface area contributed by atoms with Gasteiger partial charge in [0, 0.05) is 38.6 Å². The molecule has 1 aliphatic heterocycles. The number of carbonyl (C=O) groups excluding carboxylic acids is 1. The molecule has 2 amide bonds. The van der Waals surface area contributed by atoms with Crippen LogP contribution in [0, 0.1) is 0 Å². The Morgan fingerprint density at radius 1 is 1.40 bits per heavy atom. The highest BCUT2D eigenvalue weighted by Gasteiger charge is 2.25. The largest absolute Gasteiger partial charge is 0.481 e. The predicted octanol–water partition coefficient (Wildman–Crippen LogP) is 1.37. The summed E-state index contributed by atoms with van der Waals surface area (Å²) in [6, 6.07) is 0.0686. The van der Waals surface area contributed by atoms with Gasteiger partial charge in [0.2, 0.25) is 0 Å². The molecule has 0 bridgehead atoms. The molecule has 1 fully saturated rings. The number of urea groups is 1. The second-order valence-corrected chi connectivity index (χ2v) is 5.56. The van der Waals surface area contributed by atoms with Gasteiger partial charge in [-0.15, -0.1) is 0 Å². The molecule has 1 rings (SSSR count). The molecule has 0 aromatic carbocycles. The fourth-order valence-corrected chi connectivity index (χ4v) is 2.51. The van der Waals surface area contributed by atoms with Crippen molar-refractivity contribution >= 4 is 12.0 Å². The van der Waals surface area contributed by atoms with E-state index >= 15 is 0 Å². The van der Waals surface area contributed by atoms with E-state index in [0.717, 1.165) is 32.5 Å². The predicted molar refractivity (Wildman–Crippen MR) is 77.8 cm³/mol. The smallest absolute Gasteiger partial charge is 0.317 e. The SMILES string of the molecule is CCN1CCC(N(C)C(=O)NC(C)CCC(=O)O)CC1. The fraction of sp³-hybridized carbons (Fsp3) is 0.857. The van der Waals surface area contributed by atoms with Crippen LogP contribution >= 0.6 is 0 Å². The molecule has 1 aliphatic rings. The summed E-state index contributed by atoms with van der Waals surface area (Å²) in [4.78, 5) is 26.8. The second kappa shape index (κ2) is 8.09. The molecule has 0 aromatic heterocycles. The lowest BCUT2D eigenvalue weighted by Gasteiger charge is -2.36. The van der Waals surface area contributed by atoms with Crippen LogP contribution in [0.3, 0.4) is 0 Å². The minimum absolute atomic E-state index is 0.0834. The van der Waals surface area contributed by atoms with Gasteiger partial charge in [-0.2, -0.15) is 0 Å². The van der Waals surface area contributed by atoms with Crippen molar-refractivity contribution < 1.29 is 14.7 Å². The Morgan fingerprint density at radius 3 is 2.50 bits per heavy atom. The Morgan fingerprint density at radius 2 is 2.00 bits per heavy atom. The topological polar surface area (TPSA) is 72.9 Å². The number of hydrogen-bond donors (Lipinski definition) is 2. The van der Waals surface area contributed by atoms with Crippen LogP contribution in [0.25, 0.3) is 0 Å². The fourth-order valence-electron chi connectivity index (χ4n) is 2.51. The van der Waals surface area contributed by atoms with Crippen LogP contribution < -0.4 is 5.32 Å². The number of carboxylic acids is 1. The average Bonchev–Trinajstić information content (AvgIpc) is 2.44. The molecular weight excluding hydrogens is 258 g/mol. The third kappa shape index (κ3) is 5.36. The van der Waals surface area contributed by atoms with Crippen LogP contribution in [-0.2, 0) is 4.79 Å². The van der Waals surface area contributed by atoms with E-state index < -0.39 is 5.97 Å². The maximum Gasteiger partial charge on any atom is 0.317 e. The Labute approximate surface area is 121 Å². The minimum Gasteiger partial charge on any atom is -0.481 e. The van der Waals surface area contributed by atoms with Crippen molar-refractivity contribution in [2.45, 2.75) is 51.6 Å². The number of rotatable bonds is 6. The van der Waals surface area contributed by atoms with Crippen LogP contribution in [0.4, 0.5) is 4.79 Å². The molecule has 0 aromatic rings. The van der Waals surface area contributed by atoms with Crippen molar-refractivity contribution in [2.24, 2.45) is 0 Å². The van der Waals surface area contributed by atoms with E-state index in [1.165, 1.54) is 0 Å². The first kappa shape index (κ1) is 16.8. The summed E-state index contributed by atoms with van der Waals surface area (Å²) >= 11 is 0. The summed E-state index contributed by atoms with van der Waals surface area (Å²) in [6.07, 6.45) is 2.55. The third-order valence-electron chi connectivity index (χ3n) is 4.03. The first-order chi connectivity index (χ1) is 9.43.